The molecular formula is C9H9NO. The summed E-state index contributed by atoms with van der Waals surface area (Å²) in [5.74, 6) is 0. The van der Waals surface area contributed by atoms with Crippen molar-refractivity contribution in [1.29, 1.82) is 5.26 Å². The molecule has 0 aromatic heterocycles. The lowest BCUT2D eigenvalue weighted by Gasteiger charge is -1.97. The van der Waals surface area contributed by atoms with Crippen molar-refractivity contribution in [3.05, 3.63) is 35.4 Å². The Labute approximate surface area is 66.0 Å². The van der Waals surface area contributed by atoms with Gasteiger partial charge in [-0.2, -0.15) is 5.26 Å². The molecule has 0 aliphatic carbocycles. The fraction of sp³-hybridized carbons (Fsp3) is 0.222. The minimum absolute atomic E-state index is 0.372. The van der Waals surface area contributed by atoms with Gasteiger partial charge in [0.1, 0.15) is 6.61 Å². The molecule has 0 saturated carbocycles. The zero-order chi connectivity index (χ0) is 8.10. The summed E-state index contributed by atoms with van der Waals surface area (Å²) in [4.78, 5) is 0. The van der Waals surface area contributed by atoms with E-state index in [-0.39, 0.29) is 0 Å². The molecular weight excluding hydrogens is 138 g/mol. The van der Waals surface area contributed by atoms with Crippen molar-refractivity contribution in [3.63, 3.8) is 0 Å². The van der Waals surface area contributed by atoms with Gasteiger partial charge >= 0.3 is 0 Å². The standard InChI is InChI=1S/C9H9NO/c1-8-2-4-9(5-3-8)6-11-7-10/h2-5H,6H2,1H3. The normalized spacial score (nSPS) is 8.73. The van der Waals surface area contributed by atoms with Crippen molar-refractivity contribution in [3.8, 4) is 6.26 Å². The van der Waals surface area contributed by atoms with Gasteiger partial charge in [0.2, 0.25) is 0 Å². The van der Waals surface area contributed by atoms with Crippen LogP contribution in [0.1, 0.15) is 11.1 Å². The number of ether oxygens (including phenoxy) is 1. The van der Waals surface area contributed by atoms with Crippen molar-refractivity contribution < 1.29 is 4.74 Å². The minimum Gasteiger partial charge on any atom is -0.423 e. The van der Waals surface area contributed by atoms with Crippen molar-refractivity contribution in [2.45, 2.75) is 13.5 Å². The van der Waals surface area contributed by atoms with Gasteiger partial charge in [0, 0.05) is 0 Å². The molecule has 1 aromatic carbocycles. The van der Waals surface area contributed by atoms with Gasteiger partial charge in [-0.05, 0) is 12.5 Å². The van der Waals surface area contributed by atoms with Gasteiger partial charge < -0.3 is 4.74 Å². The minimum atomic E-state index is 0.372. The molecule has 0 bridgehead atoms. The molecule has 1 aromatic rings. The zero-order valence-corrected chi connectivity index (χ0v) is 6.37. The molecule has 2 heteroatoms. The Kier molecular flexibility index (Phi) is 2.51. The smallest absolute Gasteiger partial charge is 0.286 e. The monoisotopic (exact) mass is 147 g/mol. The van der Waals surface area contributed by atoms with Crippen LogP contribution in [-0.2, 0) is 11.3 Å². The van der Waals surface area contributed by atoms with Gasteiger partial charge in [-0.1, -0.05) is 29.8 Å². The lowest BCUT2D eigenvalue weighted by Crippen LogP contribution is -1.85. The summed E-state index contributed by atoms with van der Waals surface area (Å²) in [7, 11) is 0. The molecule has 2 nitrogen and oxygen atoms in total. The van der Waals surface area contributed by atoms with E-state index in [4.69, 9.17) is 5.26 Å². The van der Waals surface area contributed by atoms with Gasteiger partial charge in [0.05, 0.1) is 0 Å². The fourth-order valence-corrected chi connectivity index (χ4v) is 0.800. The Balaban J connectivity index is 2.60. The lowest BCUT2D eigenvalue weighted by atomic mass is 10.2. The Hall–Kier alpha value is -1.49. The first-order valence-electron chi connectivity index (χ1n) is 3.39. The van der Waals surface area contributed by atoms with E-state index in [9.17, 15) is 0 Å². The van der Waals surface area contributed by atoms with Crippen LogP contribution in [0.3, 0.4) is 0 Å². The topological polar surface area (TPSA) is 33.0 Å². The largest absolute Gasteiger partial charge is 0.423 e. The first-order chi connectivity index (χ1) is 5.33. The van der Waals surface area contributed by atoms with Gasteiger partial charge in [-0.3, -0.25) is 0 Å². The van der Waals surface area contributed by atoms with E-state index in [0.29, 0.717) is 6.61 Å². The zero-order valence-electron chi connectivity index (χ0n) is 6.37. The molecule has 0 aliphatic rings. The fourth-order valence-electron chi connectivity index (χ4n) is 0.800. The summed E-state index contributed by atoms with van der Waals surface area (Å²) in [6.45, 7) is 2.39. The number of rotatable bonds is 2. The quantitative estimate of drug-likeness (QED) is 0.599. The number of aryl methyl sites for hydroxylation is 1. The maximum absolute atomic E-state index is 8.11. The first-order valence-corrected chi connectivity index (χ1v) is 3.39. The molecule has 0 unspecified atom stereocenters. The van der Waals surface area contributed by atoms with E-state index >= 15 is 0 Å². The van der Waals surface area contributed by atoms with Crippen LogP contribution in [0.4, 0.5) is 0 Å². The van der Waals surface area contributed by atoms with Crippen LogP contribution in [0.5, 0.6) is 0 Å². The SMILES string of the molecule is Cc1ccc(COC#N)cc1. The highest BCUT2D eigenvalue weighted by atomic mass is 16.5. The van der Waals surface area contributed by atoms with E-state index < -0.39 is 0 Å². The maximum Gasteiger partial charge on any atom is 0.286 e. The molecule has 56 valence electrons. The van der Waals surface area contributed by atoms with Gasteiger partial charge in [0.15, 0.2) is 0 Å². The van der Waals surface area contributed by atoms with E-state index in [1.807, 2.05) is 31.2 Å². The molecule has 11 heavy (non-hydrogen) atoms. The summed E-state index contributed by atoms with van der Waals surface area (Å²) in [6.07, 6.45) is 1.63. The molecule has 0 aliphatic heterocycles. The van der Waals surface area contributed by atoms with Gasteiger partial charge in [-0.15, -0.1) is 0 Å². The van der Waals surface area contributed by atoms with Crippen LogP contribution in [0.2, 0.25) is 0 Å². The highest BCUT2D eigenvalue weighted by Crippen LogP contribution is 2.03. The molecule has 0 saturated heterocycles. The number of hydrogen-bond acceptors (Lipinski definition) is 2. The highest BCUT2D eigenvalue weighted by Gasteiger charge is 1.90. The van der Waals surface area contributed by atoms with E-state index in [1.54, 1.807) is 6.26 Å². The van der Waals surface area contributed by atoms with Gasteiger partial charge in [0.25, 0.3) is 6.26 Å². The van der Waals surface area contributed by atoms with E-state index in [2.05, 4.69) is 4.74 Å². The molecule has 0 fully saturated rings. The average Bonchev–Trinajstić information content (AvgIpc) is 2.04. The van der Waals surface area contributed by atoms with Crippen LogP contribution in [-0.4, -0.2) is 0 Å². The second kappa shape index (κ2) is 3.62. The van der Waals surface area contributed by atoms with Crippen LogP contribution in [0, 0.1) is 18.4 Å². The Morgan fingerprint density at radius 1 is 1.36 bits per heavy atom. The Bertz CT molecular complexity index is 258. The predicted octanol–water partition coefficient (Wildman–Crippen LogP) is 1.99. The maximum atomic E-state index is 8.11. The Morgan fingerprint density at radius 2 is 2.00 bits per heavy atom. The molecule has 0 N–H and O–H groups in total. The third kappa shape index (κ3) is 2.30. The van der Waals surface area contributed by atoms with Crippen LogP contribution < -0.4 is 0 Å². The highest BCUT2D eigenvalue weighted by molar-refractivity contribution is 5.20. The lowest BCUT2D eigenvalue weighted by molar-refractivity contribution is 0.257. The molecule has 0 spiro atoms. The summed E-state index contributed by atoms with van der Waals surface area (Å²) in [5, 5.41) is 8.11. The molecule has 0 atom stereocenters. The third-order valence-corrected chi connectivity index (χ3v) is 1.42. The summed E-state index contributed by atoms with van der Waals surface area (Å²) in [5.41, 5.74) is 2.24. The summed E-state index contributed by atoms with van der Waals surface area (Å²) in [6, 6.07) is 7.89. The second-order valence-electron chi connectivity index (χ2n) is 2.37. The first kappa shape index (κ1) is 7.62. The second-order valence-corrected chi connectivity index (χ2v) is 2.37. The number of nitriles is 1. The number of hydrogen-bond donors (Lipinski definition) is 0. The summed E-state index contributed by atoms with van der Waals surface area (Å²) >= 11 is 0. The van der Waals surface area contributed by atoms with E-state index in [1.165, 1.54) is 5.56 Å². The summed E-state index contributed by atoms with van der Waals surface area (Å²) < 4.78 is 4.56. The van der Waals surface area contributed by atoms with Crippen LogP contribution in [0.15, 0.2) is 24.3 Å². The number of benzene rings is 1. The number of nitrogens with zero attached hydrogens (tertiary/aromatic N) is 1. The van der Waals surface area contributed by atoms with Gasteiger partial charge in [-0.25, -0.2) is 0 Å². The molecule has 1 rings (SSSR count). The average molecular weight is 147 g/mol. The van der Waals surface area contributed by atoms with Crippen LogP contribution in [0.25, 0.3) is 0 Å². The van der Waals surface area contributed by atoms with Crippen molar-refractivity contribution in [2.75, 3.05) is 0 Å². The Morgan fingerprint density at radius 3 is 2.55 bits per heavy atom. The van der Waals surface area contributed by atoms with Crippen molar-refractivity contribution in [2.24, 2.45) is 0 Å². The van der Waals surface area contributed by atoms with Crippen molar-refractivity contribution in [1.82, 2.24) is 0 Å². The van der Waals surface area contributed by atoms with Crippen LogP contribution >= 0.6 is 0 Å². The van der Waals surface area contributed by atoms with E-state index in [0.717, 1.165) is 5.56 Å². The predicted molar refractivity (Wildman–Crippen MR) is 41.6 cm³/mol. The molecule has 0 amide bonds. The van der Waals surface area contributed by atoms with Crippen molar-refractivity contribution >= 4 is 0 Å². The molecule has 0 heterocycles. The molecule has 0 radical (unpaired) electrons. The third-order valence-electron chi connectivity index (χ3n) is 1.42.